The second kappa shape index (κ2) is 6.13. The number of hydrogen-bond acceptors (Lipinski definition) is 2. The standard InChI is InChI=1S/C17H34N2/c1-5-17(6-2,13-18-15-7-8-15)14-19-11-9-16(3,4)10-12-19/h15,18H,5-14H2,1-4H3. The van der Waals surface area contributed by atoms with Crippen LogP contribution in [0.1, 0.15) is 66.2 Å². The van der Waals surface area contributed by atoms with Crippen molar-refractivity contribution in [1.29, 1.82) is 0 Å². The van der Waals surface area contributed by atoms with E-state index in [0.29, 0.717) is 10.8 Å². The van der Waals surface area contributed by atoms with Gasteiger partial charge in [-0.3, -0.25) is 0 Å². The van der Waals surface area contributed by atoms with Crippen LogP contribution < -0.4 is 5.32 Å². The Bertz CT molecular complexity index is 267. The fraction of sp³-hybridized carbons (Fsp3) is 1.00. The van der Waals surface area contributed by atoms with Crippen molar-refractivity contribution in [2.75, 3.05) is 26.2 Å². The first-order chi connectivity index (χ1) is 8.99. The van der Waals surface area contributed by atoms with Gasteiger partial charge in [0.1, 0.15) is 0 Å². The predicted molar refractivity (Wildman–Crippen MR) is 83.5 cm³/mol. The molecule has 1 saturated heterocycles. The molecule has 1 N–H and O–H groups in total. The Labute approximate surface area is 120 Å². The summed E-state index contributed by atoms with van der Waals surface area (Å²) in [6, 6.07) is 0.845. The SMILES string of the molecule is CCC(CC)(CNC1CC1)CN1CCC(C)(C)CC1. The molecule has 1 aliphatic heterocycles. The number of rotatable bonds is 7. The van der Waals surface area contributed by atoms with Crippen molar-refractivity contribution in [3.63, 3.8) is 0 Å². The fourth-order valence-electron chi connectivity index (χ4n) is 3.22. The molecule has 0 amide bonds. The normalized spacial score (nSPS) is 24.6. The van der Waals surface area contributed by atoms with Crippen LogP contribution in [-0.2, 0) is 0 Å². The molecule has 1 heterocycles. The first-order valence-electron chi connectivity index (χ1n) is 8.44. The van der Waals surface area contributed by atoms with E-state index >= 15 is 0 Å². The van der Waals surface area contributed by atoms with E-state index in [1.807, 2.05) is 0 Å². The lowest BCUT2D eigenvalue weighted by Crippen LogP contribution is -2.47. The van der Waals surface area contributed by atoms with Gasteiger partial charge >= 0.3 is 0 Å². The van der Waals surface area contributed by atoms with Gasteiger partial charge in [-0.2, -0.15) is 0 Å². The number of likely N-dealkylation sites (tertiary alicyclic amines) is 1. The molecule has 0 unspecified atom stereocenters. The summed E-state index contributed by atoms with van der Waals surface area (Å²) < 4.78 is 0. The minimum Gasteiger partial charge on any atom is -0.313 e. The van der Waals surface area contributed by atoms with E-state index in [-0.39, 0.29) is 0 Å². The Balaban J connectivity index is 1.84. The van der Waals surface area contributed by atoms with Crippen molar-refractivity contribution in [3.8, 4) is 0 Å². The average Bonchev–Trinajstić information content (AvgIpc) is 3.21. The van der Waals surface area contributed by atoms with Crippen LogP contribution in [0, 0.1) is 10.8 Å². The van der Waals surface area contributed by atoms with Crippen LogP contribution in [0.5, 0.6) is 0 Å². The van der Waals surface area contributed by atoms with Crippen LogP contribution in [0.4, 0.5) is 0 Å². The van der Waals surface area contributed by atoms with Crippen LogP contribution in [-0.4, -0.2) is 37.1 Å². The third kappa shape index (κ3) is 4.46. The summed E-state index contributed by atoms with van der Waals surface area (Å²) in [6.45, 7) is 14.7. The van der Waals surface area contributed by atoms with Crippen molar-refractivity contribution in [2.24, 2.45) is 10.8 Å². The molecule has 2 nitrogen and oxygen atoms in total. The zero-order chi connectivity index (χ0) is 13.9. The van der Waals surface area contributed by atoms with Gasteiger partial charge in [0.15, 0.2) is 0 Å². The second-order valence-electron chi connectivity index (χ2n) is 7.80. The molecule has 0 aromatic carbocycles. The molecule has 0 atom stereocenters. The quantitative estimate of drug-likeness (QED) is 0.756. The Morgan fingerprint density at radius 3 is 2.16 bits per heavy atom. The van der Waals surface area contributed by atoms with Crippen LogP contribution in [0.3, 0.4) is 0 Å². The minimum absolute atomic E-state index is 0.504. The molecule has 0 aromatic rings. The monoisotopic (exact) mass is 266 g/mol. The molecule has 0 bridgehead atoms. The molecule has 0 radical (unpaired) electrons. The summed E-state index contributed by atoms with van der Waals surface area (Å²) in [4.78, 5) is 2.73. The first kappa shape index (κ1) is 15.3. The van der Waals surface area contributed by atoms with Gasteiger partial charge in [-0.1, -0.05) is 27.7 Å². The third-order valence-corrected chi connectivity index (χ3v) is 5.61. The maximum absolute atomic E-state index is 3.78. The Kier molecular flexibility index (Phi) is 4.94. The summed E-state index contributed by atoms with van der Waals surface area (Å²) >= 11 is 0. The average molecular weight is 266 g/mol. The van der Waals surface area contributed by atoms with E-state index in [4.69, 9.17) is 0 Å². The molecule has 0 aromatic heterocycles. The van der Waals surface area contributed by atoms with E-state index in [1.54, 1.807) is 0 Å². The molecular formula is C17H34N2. The van der Waals surface area contributed by atoms with Crippen LogP contribution in [0.15, 0.2) is 0 Å². The lowest BCUT2D eigenvalue weighted by atomic mass is 9.78. The summed E-state index contributed by atoms with van der Waals surface area (Å²) in [5, 5.41) is 3.78. The number of piperidine rings is 1. The van der Waals surface area contributed by atoms with E-state index in [9.17, 15) is 0 Å². The third-order valence-electron chi connectivity index (χ3n) is 5.61. The number of nitrogens with one attached hydrogen (secondary N) is 1. The second-order valence-corrected chi connectivity index (χ2v) is 7.80. The van der Waals surface area contributed by atoms with Crippen molar-refractivity contribution in [2.45, 2.75) is 72.3 Å². The summed E-state index contributed by atoms with van der Waals surface area (Å²) in [7, 11) is 0. The largest absolute Gasteiger partial charge is 0.313 e. The molecule has 2 fully saturated rings. The van der Waals surface area contributed by atoms with Crippen molar-refractivity contribution < 1.29 is 0 Å². The van der Waals surface area contributed by atoms with Crippen molar-refractivity contribution in [3.05, 3.63) is 0 Å². The van der Waals surface area contributed by atoms with Gasteiger partial charge < -0.3 is 10.2 Å². The Morgan fingerprint density at radius 1 is 1.11 bits per heavy atom. The Hall–Kier alpha value is -0.0800. The molecule has 2 rings (SSSR count). The molecule has 2 heteroatoms. The van der Waals surface area contributed by atoms with Gasteiger partial charge in [0.2, 0.25) is 0 Å². The summed E-state index contributed by atoms with van der Waals surface area (Å²) in [5.74, 6) is 0. The van der Waals surface area contributed by atoms with Crippen molar-refractivity contribution in [1.82, 2.24) is 10.2 Å². The molecule has 1 aliphatic carbocycles. The fourth-order valence-corrected chi connectivity index (χ4v) is 3.22. The number of nitrogens with zero attached hydrogens (tertiary/aromatic N) is 1. The maximum atomic E-state index is 3.78. The zero-order valence-electron chi connectivity index (χ0n) is 13.6. The predicted octanol–water partition coefficient (Wildman–Crippen LogP) is 3.67. The van der Waals surface area contributed by atoms with Gasteiger partial charge in [0.05, 0.1) is 0 Å². The summed E-state index contributed by atoms with van der Waals surface area (Å²) in [6.07, 6.45) is 8.16. The van der Waals surface area contributed by atoms with Crippen LogP contribution in [0.25, 0.3) is 0 Å². The highest BCUT2D eigenvalue weighted by Gasteiger charge is 2.34. The topological polar surface area (TPSA) is 15.3 Å². The minimum atomic E-state index is 0.504. The molecule has 0 spiro atoms. The smallest absolute Gasteiger partial charge is 0.00684 e. The molecular weight excluding hydrogens is 232 g/mol. The zero-order valence-corrected chi connectivity index (χ0v) is 13.6. The molecule has 1 saturated carbocycles. The van der Waals surface area contributed by atoms with Gasteiger partial charge in [-0.25, -0.2) is 0 Å². The Morgan fingerprint density at radius 2 is 1.68 bits per heavy atom. The lowest BCUT2D eigenvalue weighted by Gasteiger charge is -2.43. The first-order valence-corrected chi connectivity index (χ1v) is 8.44. The van der Waals surface area contributed by atoms with Gasteiger partial charge in [0, 0.05) is 19.1 Å². The van der Waals surface area contributed by atoms with Gasteiger partial charge in [0.25, 0.3) is 0 Å². The molecule has 112 valence electrons. The van der Waals surface area contributed by atoms with E-state index in [0.717, 1.165) is 6.04 Å². The summed E-state index contributed by atoms with van der Waals surface area (Å²) in [5.41, 5.74) is 1.08. The van der Waals surface area contributed by atoms with Crippen molar-refractivity contribution >= 4 is 0 Å². The highest BCUT2D eigenvalue weighted by Crippen LogP contribution is 2.34. The maximum Gasteiger partial charge on any atom is 0.00684 e. The lowest BCUT2D eigenvalue weighted by molar-refractivity contribution is 0.0757. The van der Waals surface area contributed by atoms with Crippen LogP contribution >= 0.6 is 0 Å². The van der Waals surface area contributed by atoms with E-state index in [2.05, 4.69) is 37.9 Å². The highest BCUT2D eigenvalue weighted by atomic mass is 15.1. The number of hydrogen-bond donors (Lipinski definition) is 1. The molecule has 19 heavy (non-hydrogen) atoms. The van der Waals surface area contributed by atoms with E-state index in [1.165, 1.54) is 64.7 Å². The van der Waals surface area contributed by atoms with Gasteiger partial charge in [-0.05, 0) is 62.4 Å². The van der Waals surface area contributed by atoms with E-state index < -0.39 is 0 Å². The van der Waals surface area contributed by atoms with Crippen LogP contribution in [0.2, 0.25) is 0 Å². The molecule has 2 aliphatic rings. The van der Waals surface area contributed by atoms with Gasteiger partial charge in [-0.15, -0.1) is 0 Å². The highest BCUT2D eigenvalue weighted by molar-refractivity contribution is 4.90.